The Morgan fingerprint density at radius 3 is 2.94 bits per heavy atom. The van der Waals surface area contributed by atoms with Crippen LogP contribution in [0.15, 0.2) is 42.5 Å². The van der Waals surface area contributed by atoms with Crippen LogP contribution in [0.2, 0.25) is 0 Å². The van der Waals surface area contributed by atoms with Gasteiger partial charge in [-0.15, -0.1) is 0 Å². The topological polar surface area (TPSA) is 3.24 Å². The van der Waals surface area contributed by atoms with Crippen LogP contribution in [0, 0.1) is 6.07 Å². The number of nitrogens with zero attached hydrogens (tertiary/aromatic N) is 1. The molecule has 1 nitrogen and oxygen atoms in total. The number of rotatable bonds is 0. The van der Waals surface area contributed by atoms with E-state index in [4.69, 9.17) is 0 Å². The molecule has 1 radical (unpaired) electrons. The van der Waals surface area contributed by atoms with E-state index in [1.807, 2.05) is 6.07 Å². The van der Waals surface area contributed by atoms with E-state index >= 15 is 0 Å². The van der Waals surface area contributed by atoms with E-state index in [2.05, 4.69) is 47.4 Å². The van der Waals surface area contributed by atoms with Gasteiger partial charge in [-0.25, -0.2) is 0 Å². The Hall–Kier alpha value is -1.60. The fraction of sp³-hybridized carbons (Fsp3) is 0.294. The lowest BCUT2D eigenvalue weighted by atomic mass is 9.84. The van der Waals surface area contributed by atoms with Gasteiger partial charge in [-0.05, 0) is 41.2 Å². The zero-order chi connectivity index (χ0) is 11.9. The number of hydrogen-bond acceptors (Lipinski definition) is 1. The Kier molecular flexibility index (Phi) is 2.27. The van der Waals surface area contributed by atoms with Gasteiger partial charge in [0, 0.05) is 19.1 Å². The highest BCUT2D eigenvalue weighted by atomic mass is 15.2. The average molecular weight is 234 g/mol. The molecule has 2 aliphatic heterocycles. The van der Waals surface area contributed by atoms with Gasteiger partial charge < -0.3 is 0 Å². The van der Waals surface area contributed by atoms with E-state index in [1.165, 1.54) is 24.1 Å². The van der Waals surface area contributed by atoms with Gasteiger partial charge >= 0.3 is 0 Å². The van der Waals surface area contributed by atoms with Gasteiger partial charge in [-0.3, -0.25) is 4.90 Å². The van der Waals surface area contributed by atoms with Gasteiger partial charge in [0.05, 0.1) is 0 Å². The van der Waals surface area contributed by atoms with E-state index in [1.54, 1.807) is 11.1 Å². The van der Waals surface area contributed by atoms with E-state index < -0.39 is 0 Å². The van der Waals surface area contributed by atoms with Crippen LogP contribution < -0.4 is 0 Å². The second kappa shape index (κ2) is 3.96. The first-order chi connectivity index (χ1) is 8.92. The van der Waals surface area contributed by atoms with E-state index in [0.29, 0.717) is 6.04 Å². The molecule has 0 fully saturated rings. The Morgan fingerprint density at radius 1 is 1.06 bits per heavy atom. The summed E-state index contributed by atoms with van der Waals surface area (Å²) < 4.78 is 0. The normalized spacial score (nSPS) is 21.9. The highest BCUT2D eigenvalue weighted by Gasteiger charge is 2.31. The molecule has 0 N–H and O–H groups in total. The molecule has 0 bridgehead atoms. The zero-order valence-electron chi connectivity index (χ0n) is 10.4. The molecule has 4 rings (SSSR count). The van der Waals surface area contributed by atoms with Crippen LogP contribution in [-0.2, 0) is 19.4 Å². The smallest absolute Gasteiger partial charge is 0.0394 e. The molecule has 0 saturated carbocycles. The van der Waals surface area contributed by atoms with Crippen LogP contribution in [0.25, 0.3) is 0 Å². The summed E-state index contributed by atoms with van der Waals surface area (Å²) in [7, 11) is 0. The minimum absolute atomic E-state index is 0.582. The highest BCUT2D eigenvalue weighted by Crippen LogP contribution is 2.37. The Bertz CT molecular complexity index is 588. The number of fused-ring (bicyclic) bond motifs is 4. The number of benzene rings is 2. The van der Waals surface area contributed by atoms with Crippen molar-refractivity contribution in [3.63, 3.8) is 0 Å². The molecule has 89 valence electrons. The second-order valence-corrected chi connectivity index (χ2v) is 5.31. The lowest BCUT2D eigenvalue weighted by Gasteiger charge is -2.41. The van der Waals surface area contributed by atoms with Gasteiger partial charge in [0.2, 0.25) is 0 Å². The summed E-state index contributed by atoms with van der Waals surface area (Å²) in [5.41, 5.74) is 5.96. The molecule has 1 atom stereocenters. The predicted octanol–water partition coefficient (Wildman–Crippen LogP) is 3.14. The van der Waals surface area contributed by atoms with Crippen LogP contribution in [0.3, 0.4) is 0 Å². The fourth-order valence-corrected chi connectivity index (χ4v) is 3.39. The summed E-state index contributed by atoms with van der Waals surface area (Å²) in [5, 5.41) is 0. The minimum Gasteiger partial charge on any atom is -0.291 e. The van der Waals surface area contributed by atoms with Crippen LogP contribution >= 0.6 is 0 Å². The maximum atomic E-state index is 3.40. The molecule has 2 aromatic carbocycles. The van der Waals surface area contributed by atoms with Crippen molar-refractivity contribution < 1.29 is 0 Å². The van der Waals surface area contributed by atoms with Crippen molar-refractivity contribution >= 4 is 0 Å². The third-order valence-corrected chi connectivity index (χ3v) is 4.34. The summed E-state index contributed by atoms with van der Waals surface area (Å²) in [6.07, 6.45) is 2.33. The van der Waals surface area contributed by atoms with Gasteiger partial charge in [-0.1, -0.05) is 42.5 Å². The highest BCUT2D eigenvalue weighted by molar-refractivity contribution is 5.38. The molecule has 0 aromatic heterocycles. The van der Waals surface area contributed by atoms with Crippen LogP contribution in [0.4, 0.5) is 0 Å². The molecule has 2 heterocycles. The van der Waals surface area contributed by atoms with Crippen molar-refractivity contribution in [2.45, 2.75) is 25.4 Å². The van der Waals surface area contributed by atoms with Crippen molar-refractivity contribution in [2.24, 2.45) is 0 Å². The summed E-state index contributed by atoms with van der Waals surface area (Å²) in [5.74, 6) is 0. The molecule has 0 spiro atoms. The molecule has 2 aliphatic rings. The van der Waals surface area contributed by atoms with Crippen LogP contribution in [0.5, 0.6) is 0 Å². The Labute approximate surface area is 108 Å². The van der Waals surface area contributed by atoms with Gasteiger partial charge in [0.15, 0.2) is 0 Å². The monoisotopic (exact) mass is 234 g/mol. The zero-order valence-corrected chi connectivity index (χ0v) is 10.4. The van der Waals surface area contributed by atoms with Gasteiger partial charge in [0.1, 0.15) is 0 Å². The third kappa shape index (κ3) is 1.51. The van der Waals surface area contributed by atoms with Crippen molar-refractivity contribution in [3.8, 4) is 0 Å². The van der Waals surface area contributed by atoms with Gasteiger partial charge in [-0.2, -0.15) is 0 Å². The molecule has 18 heavy (non-hydrogen) atoms. The van der Waals surface area contributed by atoms with Gasteiger partial charge in [0.25, 0.3) is 0 Å². The summed E-state index contributed by atoms with van der Waals surface area (Å²) in [6, 6.07) is 19.3. The second-order valence-electron chi connectivity index (χ2n) is 5.31. The summed E-state index contributed by atoms with van der Waals surface area (Å²) in [6.45, 7) is 2.25. The average Bonchev–Trinajstić information content (AvgIpc) is 2.45. The SMILES string of the molecule is [c]1cccc2c1CN1CCc3ccccc3C1C2. The molecule has 1 unspecified atom stereocenters. The molecule has 2 aromatic rings. The Balaban J connectivity index is 1.79. The largest absolute Gasteiger partial charge is 0.291 e. The first-order valence-electron chi connectivity index (χ1n) is 6.72. The molecule has 0 saturated heterocycles. The molecule has 1 heteroatoms. The van der Waals surface area contributed by atoms with E-state index in [-0.39, 0.29) is 0 Å². The van der Waals surface area contributed by atoms with Crippen LogP contribution in [-0.4, -0.2) is 11.4 Å². The van der Waals surface area contributed by atoms with E-state index in [9.17, 15) is 0 Å². The quantitative estimate of drug-likeness (QED) is 0.677. The lowest BCUT2D eigenvalue weighted by Crippen LogP contribution is -2.39. The van der Waals surface area contributed by atoms with Crippen molar-refractivity contribution in [3.05, 3.63) is 70.8 Å². The lowest BCUT2D eigenvalue weighted by molar-refractivity contribution is 0.161. The standard InChI is InChI=1S/C17H16N/c1-2-7-15-12-18-10-9-13-5-3-4-8-16(13)17(18)11-14(15)6-1/h1-6,8,17H,9-12H2. The van der Waals surface area contributed by atoms with Crippen molar-refractivity contribution in [1.82, 2.24) is 4.90 Å². The minimum atomic E-state index is 0.582. The predicted molar refractivity (Wildman–Crippen MR) is 72.3 cm³/mol. The maximum Gasteiger partial charge on any atom is 0.0394 e. The third-order valence-electron chi connectivity index (χ3n) is 4.34. The van der Waals surface area contributed by atoms with Crippen molar-refractivity contribution in [1.29, 1.82) is 0 Å². The first kappa shape index (κ1) is 10.3. The first-order valence-corrected chi connectivity index (χ1v) is 6.72. The summed E-state index contributed by atoms with van der Waals surface area (Å²) in [4.78, 5) is 2.61. The fourth-order valence-electron chi connectivity index (χ4n) is 3.39. The number of hydrogen-bond donors (Lipinski definition) is 0. The molecular weight excluding hydrogens is 218 g/mol. The Morgan fingerprint density at radius 2 is 1.94 bits per heavy atom. The van der Waals surface area contributed by atoms with Crippen LogP contribution in [0.1, 0.15) is 28.3 Å². The maximum absolute atomic E-state index is 3.40. The molecular formula is C17H16N. The molecule has 0 aliphatic carbocycles. The summed E-state index contributed by atoms with van der Waals surface area (Å²) >= 11 is 0. The molecule has 0 amide bonds. The van der Waals surface area contributed by atoms with E-state index in [0.717, 1.165) is 13.0 Å². The van der Waals surface area contributed by atoms with Crippen molar-refractivity contribution in [2.75, 3.05) is 6.54 Å².